The maximum atomic E-state index is 3.67. The highest BCUT2D eigenvalue weighted by molar-refractivity contribution is 4.96. The molecule has 0 atom stereocenters. The number of likely N-dealkylation sites (tertiary alicyclic amines) is 2. The van der Waals surface area contributed by atoms with Gasteiger partial charge in [-0.15, -0.1) is 0 Å². The Bertz CT molecular complexity index is 364. The van der Waals surface area contributed by atoms with Crippen LogP contribution in [0.2, 0.25) is 0 Å². The monoisotopic (exact) mass is 396 g/mol. The van der Waals surface area contributed by atoms with Gasteiger partial charge in [-0.2, -0.15) is 0 Å². The largest absolute Gasteiger partial charge is 0.316 e. The number of nitrogens with zero attached hydrogens (tertiary/aromatic N) is 2. The molecule has 0 aliphatic carbocycles. The topological polar surface area (TPSA) is 30.5 Å². The first-order valence-electron chi connectivity index (χ1n) is 12.4. The number of hydrogen-bond acceptors (Lipinski definition) is 4. The third-order valence-corrected chi connectivity index (χ3v) is 7.20. The van der Waals surface area contributed by atoms with Gasteiger partial charge >= 0.3 is 0 Å². The molecule has 0 saturated carbocycles. The van der Waals surface area contributed by atoms with E-state index in [9.17, 15) is 0 Å². The van der Waals surface area contributed by atoms with Gasteiger partial charge in [-0.25, -0.2) is 0 Å². The minimum absolute atomic E-state index is 0.562. The minimum Gasteiger partial charge on any atom is -0.316 e. The van der Waals surface area contributed by atoms with Gasteiger partial charge in [0.15, 0.2) is 0 Å². The van der Waals surface area contributed by atoms with Crippen LogP contribution in [0.5, 0.6) is 0 Å². The molecule has 4 aliphatic rings. The summed E-state index contributed by atoms with van der Waals surface area (Å²) in [4.78, 5) is 5.05. The van der Waals surface area contributed by atoms with Gasteiger partial charge in [-0.05, 0) is 111 Å². The first-order valence-corrected chi connectivity index (χ1v) is 12.4. The van der Waals surface area contributed by atoms with E-state index in [-0.39, 0.29) is 0 Å². The first-order chi connectivity index (χ1) is 13.5. The van der Waals surface area contributed by atoms with E-state index in [1.54, 1.807) is 0 Å². The van der Waals surface area contributed by atoms with Crippen LogP contribution in [0.25, 0.3) is 0 Å². The van der Waals surface area contributed by atoms with E-state index in [0.29, 0.717) is 11.0 Å². The third-order valence-electron chi connectivity index (χ3n) is 7.20. The summed E-state index contributed by atoms with van der Waals surface area (Å²) in [5, 5.41) is 7.17. The van der Waals surface area contributed by atoms with Gasteiger partial charge in [-0.3, -0.25) is 0 Å². The number of piperidine rings is 2. The summed E-state index contributed by atoms with van der Waals surface area (Å²) in [6.45, 7) is 21.6. The molecule has 0 radical (unpaired) electrons. The molecule has 0 unspecified atom stereocenters. The average molecular weight is 397 g/mol. The molecule has 0 aromatic heterocycles. The second-order valence-electron chi connectivity index (χ2n) is 9.17. The molecular formula is C24H52N4. The van der Waals surface area contributed by atoms with Crippen LogP contribution < -0.4 is 10.6 Å². The van der Waals surface area contributed by atoms with Crippen LogP contribution in [0.4, 0.5) is 0 Å². The van der Waals surface area contributed by atoms with Crippen molar-refractivity contribution in [2.75, 3.05) is 52.9 Å². The molecule has 0 amide bonds. The molecule has 0 aromatic carbocycles. The Kier molecular flexibility index (Phi) is 12.2. The summed E-state index contributed by atoms with van der Waals surface area (Å²) < 4.78 is 0. The summed E-state index contributed by atoms with van der Waals surface area (Å²) in [6, 6.07) is 0.742. The van der Waals surface area contributed by atoms with Gasteiger partial charge in [0.05, 0.1) is 0 Å². The summed E-state index contributed by atoms with van der Waals surface area (Å²) in [7, 11) is 2.22. The molecule has 4 fully saturated rings. The molecular weight excluding hydrogens is 344 g/mol. The Hall–Kier alpha value is -0.160. The predicted octanol–water partition coefficient (Wildman–Crippen LogP) is 4.36. The van der Waals surface area contributed by atoms with Crippen molar-refractivity contribution in [1.82, 2.24) is 20.4 Å². The lowest BCUT2D eigenvalue weighted by Crippen LogP contribution is -2.48. The number of nitrogens with one attached hydrogen (secondary N) is 2. The minimum atomic E-state index is 0.562. The normalized spacial score (nSPS) is 26.1. The van der Waals surface area contributed by atoms with Gasteiger partial charge in [-0.1, -0.05) is 27.7 Å². The fourth-order valence-electron chi connectivity index (χ4n) is 5.08. The van der Waals surface area contributed by atoms with Crippen LogP contribution in [0.1, 0.15) is 86.5 Å². The average Bonchev–Trinajstić information content (AvgIpc) is 3.39. The van der Waals surface area contributed by atoms with Crippen molar-refractivity contribution in [1.29, 1.82) is 0 Å². The van der Waals surface area contributed by atoms with E-state index in [1.807, 2.05) is 27.7 Å². The molecule has 4 nitrogen and oxygen atoms in total. The maximum absolute atomic E-state index is 3.67. The zero-order valence-corrected chi connectivity index (χ0v) is 20.4. The lowest BCUT2D eigenvalue weighted by Gasteiger charge is -2.40. The standard InChI is InChI=1S/C11H22N2.C9H18N2.2C2H6/c1-10(2)13-7-4-11(5-8-13)3-6-12-9-11;1-11-7-4-9(5-8-11)3-2-6-10-9;2*1-2/h10,12H,3-9H2,1-2H3;10H,2-8H2,1H3;2*1-2H3. The van der Waals surface area contributed by atoms with Crippen molar-refractivity contribution in [3.05, 3.63) is 0 Å². The van der Waals surface area contributed by atoms with Gasteiger partial charge in [0.2, 0.25) is 0 Å². The Morgan fingerprint density at radius 1 is 0.750 bits per heavy atom. The van der Waals surface area contributed by atoms with Gasteiger partial charge in [0, 0.05) is 18.1 Å². The molecule has 2 spiro atoms. The van der Waals surface area contributed by atoms with Gasteiger partial charge < -0.3 is 20.4 Å². The Morgan fingerprint density at radius 2 is 1.36 bits per heavy atom. The fraction of sp³-hybridized carbons (Fsp3) is 1.00. The van der Waals surface area contributed by atoms with E-state index >= 15 is 0 Å². The quantitative estimate of drug-likeness (QED) is 0.689. The van der Waals surface area contributed by atoms with Crippen LogP contribution in [0.15, 0.2) is 0 Å². The zero-order chi connectivity index (χ0) is 21.0. The Morgan fingerprint density at radius 3 is 1.79 bits per heavy atom. The van der Waals surface area contributed by atoms with E-state index < -0.39 is 0 Å². The second-order valence-corrected chi connectivity index (χ2v) is 9.17. The predicted molar refractivity (Wildman–Crippen MR) is 125 cm³/mol. The van der Waals surface area contributed by atoms with Crippen molar-refractivity contribution >= 4 is 0 Å². The molecule has 4 saturated heterocycles. The van der Waals surface area contributed by atoms with Crippen molar-refractivity contribution in [3.63, 3.8) is 0 Å². The fourth-order valence-corrected chi connectivity index (χ4v) is 5.08. The summed E-state index contributed by atoms with van der Waals surface area (Å²) >= 11 is 0. The maximum Gasteiger partial charge on any atom is 0.0206 e. The first kappa shape index (κ1) is 25.9. The van der Waals surface area contributed by atoms with E-state index in [2.05, 4.69) is 41.3 Å². The summed E-state index contributed by atoms with van der Waals surface area (Å²) in [5.41, 5.74) is 1.25. The SMILES string of the molecule is CC.CC.CC(C)N1CCC2(CCNC2)CC1.CN1CCC2(CCCN2)CC1. The molecule has 2 N–H and O–H groups in total. The smallest absolute Gasteiger partial charge is 0.0206 e. The van der Waals surface area contributed by atoms with Gasteiger partial charge in [0.25, 0.3) is 0 Å². The van der Waals surface area contributed by atoms with Crippen LogP contribution in [0, 0.1) is 5.41 Å². The molecule has 168 valence electrons. The lowest BCUT2D eigenvalue weighted by atomic mass is 9.77. The van der Waals surface area contributed by atoms with Crippen LogP contribution in [-0.2, 0) is 0 Å². The third kappa shape index (κ3) is 7.59. The summed E-state index contributed by atoms with van der Waals surface area (Å²) in [5.74, 6) is 0. The highest BCUT2D eigenvalue weighted by Gasteiger charge is 2.37. The molecule has 4 heterocycles. The second kappa shape index (κ2) is 13.2. The lowest BCUT2D eigenvalue weighted by molar-refractivity contribution is 0.0958. The summed E-state index contributed by atoms with van der Waals surface area (Å²) in [6.07, 6.45) is 9.78. The van der Waals surface area contributed by atoms with Crippen molar-refractivity contribution in [2.45, 2.75) is 98.1 Å². The number of hydrogen-bond donors (Lipinski definition) is 2. The van der Waals surface area contributed by atoms with E-state index in [4.69, 9.17) is 0 Å². The van der Waals surface area contributed by atoms with Gasteiger partial charge in [0.1, 0.15) is 0 Å². The molecule has 4 rings (SSSR count). The van der Waals surface area contributed by atoms with Crippen LogP contribution >= 0.6 is 0 Å². The van der Waals surface area contributed by atoms with Crippen LogP contribution in [0.3, 0.4) is 0 Å². The van der Waals surface area contributed by atoms with E-state index in [0.717, 1.165) is 6.04 Å². The highest BCUT2D eigenvalue weighted by atomic mass is 15.2. The molecule has 0 bridgehead atoms. The van der Waals surface area contributed by atoms with Crippen LogP contribution in [-0.4, -0.2) is 74.2 Å². The molecule has 28 heavy (non-hydrogen) atoms. The van der Waals surface area contributed by atoms with Crippen molar-refractivity contribution in [3.8, 4) is 0 Å². The van der Waals surface area contributed by atoms with E-state index in [1.165, 1.54) is 90.8 Å². The molecule has 4 heteroatoms. The highest BCUT2D eigenvalue weighted by Crippen LogP contribution is 2.37. The van der Waals surface area contributed by atoms with Crippen molar-refractivity contribution in [2.24, 2.45) is 5.41 Å². The number of rotatable bonds is 1. The zero-order valence-electron chi connectivity index (χ0n) is 20.4. The molecule has 0 aromatic rings. The Labute approximate surface area is 177 Å². The van der Waals surface area contributed by atoms with Crippen molar-refractivity contribution < 1.29 is 0 Å². The Balaban J connectivity index is 0.000000240. The molecule has 4 aliphatic heterocycles.